The maximum atomic E-state index is 11.5. The van der Waals surface area contributed by atoms with Crippen molar-refractivity contribution in [2.75, 3.05) is 19.6 Å². The summed E-state index contributed by atoms with van der Waals surface area (Å²) in [7, 11) is 0. The molecule has 0 aromatic heterocycles. The summed E-state index contributed by atoms with van der Waals surface area (Å²) in [5.74, 6) is 0.476. The van der Waals surface area contributed by atoms with Crippen molar-refractivity contribution in [1.82, 2.24) is 10.4 Å². The molecule has 1 heterocycles. The first-order valence-electron chi connectivity index (χ1n) is 5.85. The van der Waals surface area contributed by atoms with Gasteiger partial charge in [0.2, 0.25) is 0 Å². The van der Waals surface area contributed by atoms with E-state index in [9.17, 15) is 4.79 Å². The Morgan fingerprint density at radius 3 is 2.81 bits per heavy atom. The van der Waals surface area contributed by atoms with Crippen molar-refractivity contribution in [2.24, 2.45) is 11.7 Å². The number of piperidine rings is 1. The van der Waals surface area contributed by atoms with E-state index in [0.29, 0.717) is 12.5 Å². The number of hydrogen-bond donors (Lipinski definition) is 2. The molecule has 1 aliphatic heterocycles. The van der Waals surface area contributed by atoms with Crippen LogP contribution in [0.5, 0.6) is 0 Å². The number of nitrogens with two attached hydrogens (primary N) is 1. The van der Waals surface area contributed by atoms with Crippen LogP contribution in [0.2, 0.25) is 0 Å². The zero-order valence-corrected chi connectivity index (χ0v) is 10.5. The molecule has 1 atom stereocenters. The van der Waals surface area contributed by atoms with Gasteiger partial charge >= 0.3 is 6.09 Å². The Balaban J connectivity index is 2.33. The molecule has 1 saturated heterocycles. The maximum absolute atomic E-state index is 11.5. The lowest BCUT2D eigenvalue weighted by atomic mass is 10.00. The van der Waals surface area contributed by atoms with E-state index in [1.807, 2.05) is 25.8 Å². The van der Waals surface area contributed by atoms with Crippen LogP contribution in [0.15, 0.2) is 0 Å². The highest BCUT2D eigenvalue weighted by Crippen LogP contribution is 2.14. The third-order valence-corrected chi connectivity index (χ3v) is 2.50. The van der Waals surface area contributed by atoms with Gasteiger partial charge in [-0.05, 0) is 46.1 Å². The monoisotopic (exact) mass is 229 g/mol. The molecule has 1 amide bonds. The lowest BCUT2D eigenvalue weighted by molar-refractivity contribution is 0.0252. The van der Waals surface area contributed by atoms with Crippen molar-refractivity contribution in [2.45, 2.75) is 39.2 Å². The second-order valence-electron chi connectivity index (χ2n) is 5.30. The second kappa shape index (κ2) is 5.50. The smallest absolute Gasteiger partial charge is 0.422 e. The molecular formula is C11H23N3O2. The number of carbonyl (C=O) groups excluding carboxylic acids is 1. The average molecular weight is 229 g/mol. The molecule has 0 aromatic rings. The Bertz CT molecular complexity index is 238. The highest BCUT2D eigenvalue weighted by molar-refractivity contribution is 5.67. The van der Waals surface area contributed by atoms with Crippen molar-refractivity contribution < 1.29 is 9.53 Å². The van der Waals surface area contributed by atoms with Crippen molar-refractivity contribution in [1.29, 1.82) is 0 Å². The summed E-state index contributed by atoms with van der Waals surface area (Å²) in [5, 5.41) is 1.90. The summed E-state index contributed by atoms with van der Waals surface area (Å²) in [6, 6.07) is 0. The third kappa shape index (κ3) is 4.81. The van der Waals surface area contributed by atoms with Crippen LogP contribution in [0.4, 0.5) is 4.79 Å². The molecule has 16 heavy (non-hydrogen) atoms. The van der Waals surface area contributed by atoms with Crippen LogP contribution in [0.1, 0.15) is 33.6 Å². The number of amides is 1. The Morgan fingerprint density at radius 2 is 2.25 bits per heavy atom. The molecule has 1 fully saturated rings. The molecule has 1 aliphatic rings. The molecule has 0 aliphatic carbocycles. The van der Waals surface area contributed by atoms with Crippen LogP contribution < -0.4 is 11.2 Å². The fourth-order valence-electron chi connectivity index (χ4n) is 1.79. The van der Waals surface area contributed by atoms with Gasteiger partial charge in [0, 0.05) is 13.1 Å². The molecule has 0 aromatic carbocycles. The average Bonchev–Trinajstić information content (AvgIpc) is 2.15. The lowest BCUT2D eigenvalue weighted by Crippen LogP contribution is -2.50. The number of nitrogens with one attached hydrogen (secondary N) is 1. The first-order valence-corrected chi connectivity index (χ1v) is 5.85. The molecule has 0 saturated carbocycles. The minimum Gasteiger partial charge on any atom is -0.443 e. The number of carbonyl (C=O) groups is 1. The highest BCUT2D eigenvalue weighted by atomic mass is 16.6. The minimum atomic E-state index is -0.451. The number of rotatable bonds is 2. The SMILES string of the molecule is CC(C)(C)OC(=O)NN1CCC[C@@H](CN)C1. The van der Waals surface area contributed by atoms with Crippen LogP contribution in [0.25, 0.3) is 0 Å². The van der Waals surface area contributed by atoms with E-state index in [2.05, 4.69) is 5.43 Å². The fourth-order valence-corrected chi connectivity index (χ4v) is 1.79. The van der Waals surface area contributed by atoms with E-state index in [-0.39, 0.29) is 6.09 Å². The Morgan fingerprint density at radius 1 is 1.56 bits per heavy atom. The van der Waals surface area contributed by atoms with Gasteiger partial charge in [-0.15, -0.1) is 0 Å². The van der Waals surface area contributed by atoms with Crippen LogP contribution in [0.3, 0.4) is 0 Å². The van der Waals surface area contributed by atoms with Crippen LogP contribution >= 0.6 is 0 Å². The first kappa shape index (κ1) is 13.3. The highest BCUT2D eigenvalue weighted by Gasteiger charge is 2.22. The van der Waals surface area contributed by atoms with Gasteiger partial charge in [0.05, 0.1) is 0 Å². The van der Waals surface area contributed by atoms with Crippen molar-refractivity contribution in [3.05, 3.63) is 0 Å². The fraction of sp³-hybridized carbons (Fsp3) is 0.909. The Hall–Kier alpha value is -0.810. The zero-order valence-electron chi connectivity index (χ0n) is 10.5. The predicted molar refractivity (Wildman–Crippen MR) is 62.7 cm³/mol. The summed E-state index contributed by atoms with van der Waals surface area (Å²) in [5.41, 5.74) is 7.93. The maximum Gasteiger partial charge on any atom is 0.422 e. The van der Waals surface area contributed by atoms with Gasteiger partial charge in [0.15, 0.2) is 0 Å². The summed E-state index contributed by atoms with van der Waals surface area (Å²) < 4.78 is 5.19. The number of hydrogen-bond acceptors (Lipinski definition) is 4. The van der Waals surface area contributed by atoms with Gasteiger partial charge in [-0.1, -0.05) is 0 Å². The van der Waals surface area contributed by atoms with Crippen LogP contribution in [0, 0.1) is 5.92 Å². The number of ether oxygens (including phenoxy) is 1. The predicted octanol–water partition coefficient (Wildman–Crippen LogP) is 1.10. The van der Waals surface area contributed by atoms with Crippen LogP contribution in [-0.2, 0) is 4.74 Å². The van der Waals surface area contributed by atoms with Crippen molar-refractivity contribution in [3.63, 3.8) is 0 Å². The van der Waals surface area contributed by atoms with Gasteiger partial charge < -0.3 is 10.5 Å². The summed E-state index contributed by atoms with van der Waals surface area (Å²) in [4.78, 5) is 11.5. The van der Waals surface area contributed by atoms with Crippen LogP contribution in [-0.4, -0.2) is 36.3 Å². The molecule has 5 nitrogen and oxygen atoms in total. The van der Waals surface area contributed by atoms with E-state index >= 15 is 0 Å². The van der Waals surface area contributed by atoms with E-state index in [1.165, 1.54) is 0 Å². The molecule has 0 unspecified atom stereocenters. The summed E-state index contributed by atoms with van der Waals surface area (Å²) in [6.45, 7) is 7.92. The van der Waals surface area contributed by atoms with Gasteiger partial charge in [0.25, 0.3) is 0 Å². The molecule has 5 heteroatoms. The molecule has 3 N–H and O–H groups in total. The van der Waals surface area contributed by atoms with E-state index in [1.54, 1.807) is 0 Å². The van der Waals surface area contributed by atoms with Gasteiger partial charge in [-0.2, -0.15) is 0 Å². The quantitative estimate of drug-likeness (QED) is 0.744. The molecular weight excluding hydrogens is 206 g/mol. The zero-order chi connectivity index (χ0) is 12.2. The Kier molecular flexibility index (Phi) is 4.56. The molecule has 94 valence electrons. The van der Waals surface area contributed by atoms with Crippen molar-refractivity contribution >= 4 is 6.09 Å². The largest absolute Gasteiger partial charge is 0.443 e. The Labute approximate surface area is 97.3 Å². The minimum absolute atomic E-state index is 0.384. The second-order valence-corrected chi connectivity index (χ2v) is 5.30. The standard InChI is InChI=1S/C11H23N3O2/c1-11(2,3)16-10(15)13-14-6-4-5-9(7-12)8-14/h9H,4-8,12H2,1-3H3,(H,13,15)/t9-/m0/s1. The normalized spacial score (nSPS) is 22.9. The molecule has 1 rings (SSSR count). The topological polar surface area (TPSA) is 67.6 Å². The lowest BCUT2D eigenvalue weighted by Gasteiger charge is -2.32. The molecule has 0 spiro atoms. The summed E-state index contributed by atoms with van der Waals surface area (Å²) in [6.07, 6.45) is 1.82. The third-order valence-electron chi connectivity index (χ3n) is 2.50. The first-order chi connectivity index (χ1) is 7.40. The molecule has 0 bridgehead atoms. The summed E-state index contributed by atoms with van der Waals surface area (Å²) >= 11 is 0. The van der Waals surface area contributed by atoms with Gasteiger partial charge in [0.1, 0.15) is 5.60 Å². The molecule has 0 radical (unpaired) electrons. The van der Waals surface area contributed by atoms with Crippen molar-refractivity contribution in [3.8, 4) is 0 Å². The number of nitrogens with zero attached hydrogens (tertiary/aromatic N) is 1. The number of hydrazine groups is 1. The van der Waals surface area contributed by atoms with E-state index in [0.717, 1.165) is 25.9 Å². The van der Waals surface area contributed by atoms with Gasteiger partial charge in [-0.25, -0.2) is 9.80 Å². The van der Waals surface area contributed by atoms with E-state index < -0.39 is 5.60 Å². The van der Waals surface area contributed by atoms with E-state index in [4.69, 9.17) is 10.5 Å². The van der Waals surface area contributed by atoms with Gasteiger partial charge in [-0.3, -0.25) is 5.43 Å².